The Kier molecular flexibility index (Phi) is 5.36. The molecule has 6 heteroatoms. The monoisotopic (exact) mass is 371 g/mol. The van der Waals surface area contributed by atoms with Crippen molar-refractivity contribution in [1.82, 2.24) is 10.2 Å². The number of furan rings is 1. The molecule has 0 unspecified atom stereocenters. The molecule has 0 aliphatic heterocycles. The first kappa shape index (κ1) is 18.5. The second kappa shape index (κ2) is 7.53. The highest BCUT2D eigenvalue weighted by atomic mass is 35.5. The molecule has 0 spiro atoms. The van der Waals surface area contributed by atoms with Crippen molar-refractivity contribution in [3.05, 3.63) is 47.2 Å². The minimum Gasteiger partial charge on any atom is -0.460 e. The Morgan fingerprint density at radius 1 is 1.35 bits per heavy atom. The van der Waals surface area contributed by atoms with Crippen LogP contribution in [0.5, 0.6) is 0 Å². The first-order chi connectivity index (χ1) is 12.4. The van der Waals surface area contributed by atoms with Crippen LogP contribution in [-0.4, -0.2) is 29.9 Å². The van der Waals surface area contributed by atoms with Crippen LogP contribution in [0.2, 0.25) is 5.02 Å². The molecule has 1 aromatic heterocycles. The van der Waals surface area contributed by atoms with Crippen LogP contribution in [0.4, 0.5) is 0 Å². The Morgan fingerprint density at radius 3 is 2.65 bits per heavy atom. The van der Waals surface area contributed by atoms with Crippen LogP contribution in [-0.2, 0) is 11.3 Å². The van der Waals surface area contributed by atoms with Gasteiger partial charge >= 0.3 is 0 Å². The van der Waals surface area contributed by atoms with Gasteiger partial charge in [0.25, 0.3) is 0 Å². The lowest BCUT2D eigenvalue weighted by atomic mass is 9.98. The highest BCUT2D eigenvalue weighted by Crippen LogP contribution is 2.39. The van der Waals surface area contributed by atoms with Crippen LogP contribution < -0.4 is 5.32 Å². The van der Waals surface area contributed by atoms with E-state index < -0.39 is 5.54 Å². The standard InChI is InChI=1S/C20H22ClN3O2/c1-20(13-22,15-5-6-15)23-19(25)12-24(2)11-17-9-10-18(26-17)14-3-7-16(21)8-4-14/h3-4,7-10,15H,5-6,11-12H2,1-2H3,(H,23,25)/t20-/m1/s1. The molecule has 1 N–H and O–H groups in total. The van der Waals surface area contributed by atoms with Gasteiger partial charge < -0.3 is 9.73 Å². The summed E-state index contributed by atoms with van der Waals surface area (Å²) >= 11 is 5.91. The molecule has 136 valence electrons. The summed E-state index contributed by atoms with van der Waals surface area (Å²) in [6.07, 6.45) is 2.00. The van der Waals surface area contributed by atoms with E-state index in [4.69, 9.17) is 16.0 Å². The molecule has 0 radical (unpaired) electrons. The van der Waals surface area contributed by atoms with Crippen LogP contribution in [0.15, 0.2) is 40.8 Å². The van der Waals surface area contributed by atoms with Gasteiger partial charge in [0.2, 0.25) is 5.91 Å². The zero-order valence-electron chi connectivity index (χ0n) is 15.0. The summed E-state index contributed by atoms with van der Waals surface area (Å²) < 4.78 is 5.86. The number of rotatable bonds is 7. The molecule has 1 fully saturated rings. The summed E-state index contributed by atoms with van der Waals surface area (Å²) in [5.41, 5.74) is 0.194. The van der Waals surface area contributed by atoms with Crippen molar-refractivity contribution in [3.63, 3.8) is 0 Å². The molecule has 1 aliphatic rings. The number of nitriles is 1. The van der Waals surface area contributed by atoms with Gasteiger partial charge in [-0.05, 0) is 69.1 Å². The number of amides is 1. The third kappa shape index (κ3) is 4.46. The van der Waals surface area contributed by atoms with Gasteiger partial charge in [0.15, 0.2) is 0 Å². The van der Waals surface area contributed by atoms with E-state index in [2.05, 4.69) is 11.4 Å². The highest BCUT2D eigenvalue weighted by molar-refractivity contribution is 6.30. The van der Waals surface area contributed by atoms with E-state index in [1.165, 1.54) is 0 Å². The molecule has 1 aromatic carbocycles. The first-order valence-electron chi connectivity index (χ1n) is 8.65. The maximum absolute atomic E-state index is 12.3. The smallest absolute Gasteiger partial charge is 0.235 e. The lowest BCUT2D eigenvalue weighted by Crippen LogP contribution is -2.49. The second-order valence-electron chi connectivity index (χ2n) is 7.08. The summed E-state index contributed by atoms with van der Waals surface area (Å²) in [4.78, 5) is 14.1. The SMILES string of the molecule is CN(CC(=O)N[C@](C)(C#N)C1CC1)Cc1ccc(-c2ccc(Cl)cc2)o1. The number of hydrogen-bond donors (Lipinski definition) is 1. The molecule has 1 amide bonds. The summed E-state index contributed by atoms with van der Waals surface area (Å²) in [7, 11) is 1.85. The van der Waals surface area contributed by atoms with Crippen molar-refractivity contribution in [2.24, 2.45) is 5.92 Å². The average Bonchev–Trinajstić information content (AvgIpc) is 3.36. The Labute approximate surface area is 158 Å². The number of carbonyl (C=O) groups is 1. The normalized spacial score (nSPS) is 16.1. The largest absolute Gasteiger partial charge is 0.460 e. The van der Waals surface area contributed by atoms with E-state index in [0.717, 1.165) is 29.9 Å². The number of halogens is 1. The predicted molar refractivity (Wildman–Crippen MR) is 100 cm³/mol. The maximum Gasteiger partial charge on any atom is 0.235 e. The van der Waals surface area contributed by atoms with Gasteiger partial charge in [-0.1, -0.05) is 11.6 Å². The van der Waals surface area contributed by atoms with Crippen LogP contribution in [0, 0.1) is 17.2 Å². The van der Waals surface area contributed by atoms with E-state index in [0.29, 0.717) is 11.6 Å². The first-order valence-corrected chi connectivity index (χ1v) is 9.03. The molecule has 0 saturated heterocycles. The summed E-state index contributed by atoms with van der Waals surface area (Å²) in [5, 5.41) is 12.9. The summed E-state index contributed by atoms with van der Waals surface area (Å²) in [6.45, 7) is 2.52. The fourth-order valence-corrected chi connectivity index (χ4v) is 3.14. The number of nitrogens with one attached hydrogen (secondary N) is 1. The van der Waals surface area contributed by atoms with Gasteiger partial charge in [0.05, 0.1) is 19.2 Å². The molecule has 26 heavy (non-hydrogen) atoms. The molecule has 5 nitrogen and oxygen atoms in total. The van der Waals surface area contributed by atoms with E-state index in [9.17, 15) is 10.1 Å². The predicted octanol–water partition coefficient (Wildman–Crippen LogP) is 3.84. The third-order valence-electron chi connectivity index (χ3n) is 4.65. The van der Waals surface area contributed by atoms with Crippen LogP contribution >= 0.6 is 11.6 Å². The Balaban J connectivity index is 1.55. The van der Waals surface area contributed by atoms with E-state index in [-0.39, 0.29) is 18.4 Å². The minimum absolute atomic E-state index is 0.145. The van der Waals surface area contributed by atoms with Gasteiger partial charge in [-0.15, -0.1) is 0 Å². The van der Waals surface area contributed by atoms with Crippen LogP contribution in [0.25, 0.3) is 11.3 Å². The minimum atomic E-state index is -0.760. The zero-order valence-corrected chi connectivity index (χ0v) is 15.7. The highest BCUT2D eigenvalue weighted by Gasteiger charge is 2.43. The van der Waals surface area contributed by atoms with Crippen molar-refractivity contribution in [2.75, 3.05) is 13.6 Å². The molecule has 1 heterocycles. The van der Waals surface area contributed by atoms with Crippen LogP contribution in [0.3, 0.4) is 0 Å². The van der Waals surface area contributed by atoms with Gasteiger partial charge in [-0.2, -0.15) is 5.26 Å². The van der Waals surface area contributed by atoms with Gasteiger partial charge in [-0.3, -0.25) is 9.69 Å². The zero-order chi connectivity index (χ0) is 18.7. The molecular formula is C20H22ClN3O2. The Bertz CT molecular complexity index is 820. The number of likely N-dealkylation sites (N-methyl/N-ethyl adjacent to an activating group) is 1. The molecule has 2 aromatic rings. The van der Waals surface area contributed by atoms with E-state index >= 15 is 0 Å². The molecule has 3 rings (SSSR count). The second-order valence-corrected chi connectivity index (χ2v) is 7.52. The molecule has 1 atom stereocenters. The van der Waals surface area contributed by atoms with Crippen molar-refractivity contribution >= 4 is 17.5 Å². The molecule has 0 bridgehead atoms. The van der Waals surface area contributed by atoms with Crippen molar-refractivity contribution in [3.8, 4) is 17.4 Å². The summed E-state index contributed by atoms with van der Waals surface area (Å²) in [6, 6.07) is 13.5. The number of nitrogens with zero attached hydrogens (tertiary/aromatic N) is 2. The molecule has 1 aliphatic carbocycles. The van der Waals surface area contributed by atoms with E-state index in [1.54, 1.807) is 6.92 Å². The van der Waals surface area contributed by atoms with Crippen molar-refractivity contribution < 1.29 is 9.21 Å². The number of hydrogen-bond acceptors (Lipinski definition) is 4. The fraction of sp³-hybridized carbons (Fsp3) is 0.400. The summed E-state index contributed by atoms with van der Waals surface area (Å²) in [5.74, 6) is 1.66. The van der Waals surface area contributed by atoms with Crippen molar-refractivity contribution in [1.29, 1.82) is 5.26 Å². The Hall–Kier alpha value is -2.29. The van der Waals surface area contributed by atoms with Gasteiger partial charge in [-0.25, -0.2) is 0 Å². The topological polar surface area (TPSA) is 69.3 Å². The average molecular weight is 372 g/mol. The van der Waals surface area contributed by atoms with Crippen molar-refractivity contribution in [2.45, 2.75) is 31.8 Å². The third-order valence-corrected chi connectivity index (χ3v) is 4.91. The number of carbonyl (C=O) groups excluding carboxylic acids is 1. The maximum atomic E-state index is 12.3. The quantitative estimate of drug-likeness (QED) is 0.802. The number of benzene rings is 1. The molecular weight excluding hydrogens is 350 g/mol. The van der Waals surface area contributed by atoms with Gasteiger partial charge in [0.1, 0.15) is 17.1 Å². The fourth-order valence-electron chi connectivity index (χ4n) is 3.01. The lowest BCUT2D eigenvalue weighted by molar-refractivity contribution is -0.123. The van der Waals surface area contributed by atoms with Crippen LogP contribution in [0.1, 0.15) is 25.5 Å². The Morgan fingerprint density at radius 2 is 2.04 bits per heavy atom. The molecule has 1 saturated carbocycles. The lowest BCUT2D eigenvalue weighted by Gasteiger charge is -2.24. The van der Waals surface area contributed by atoms with E-state index in [1.807, 2.05) is 48.3 Å². The van der Waals surface area contributed by atoms with Gasteiger partial charge in [0, 0.05) is 10.6 Å².